The molecule has 2 atom stereocenters. The van der Waals surface area contributed by atoms with Crippen molar-refractivity contribution in [1.82, 2.24) is 4.90 Å². The van der Waals surface area contributed by atoms with Gasteiger partial charge in [0.1, 0.15) is 17.4 Å². The van der Waals surface area contributed by atoms with Gasteiger partial charge in [-0.3, -0.25) is 0 Å². The van der Waals surface area contributed by atoms with E-state index in [1.807, 2.05) is 6.07 Å². The van der Waals surface area contributed by atoms with Crippen LogP contribution >= 0.6 is 0 Å². The molecule has 0 bridgehead atoms. The Labute approximate surface area is 101 Å². The Morgan fingerprint density at radius 1 is 1.53 bits per heavy atom. The Balaban J connectivity index is 2.15. The van der Waals surface area contributed by atoms with Crippen molar-refractivity contribution in [1.29, 1.82) is 5.26 Å². The number of likely N-dealkylation sites (tertiary alicyclic amines) is 1. The molecule has 1 aromatic rings. The highest BCUT2D eigenvalue weighted by molar-refractivity contribution is 5.58. The van der Waals surface area contributed by atoms with Crippen LogP contribution in [0.3, 0.4) is 0 Å². The van der Waals surface area contributed by atoms with Gasteiger partial charge in [-0.2, -0.15) is 5.26 Å². The van der Waals surface area contributed by atoms with Crippen molar-refractivity contribution < 1.29 is 4.39 Å². The number of hydrogen-bond acceptors (Lipinski definition) is 3. The van der Waals surface area contributed by atoms with E-state index in [9.17, 15) is 4.39 Å². The minimum atomic E-state index is -0.461. The summed E-state index contributed by atoms with van der Waals surface area (Å²) >= 11 is 0. The lowest BCUT2D eigenvalue weighted by atomic mass is 10.1. The zero-order chi connectivity index (χ0) is 12.4. The van der Waals surface area contributed by atoms with Gasteiger partial charge in [-0.15, -0.1) is 0 Å². The summed E-state index contributed by atoms with van der Waals surface area (Å²) in [7, 11) is 2.07. The SMILES string of the molecule is CC1CC(Nc2cccc(F)c2C#N)CN1C. The van der Waals surface area contributed by atoms with Crippen LogP contribution in [0.5, 0.6) is 0 Å². The number of nitriles is 1. The monoisotopic (exact) mass is 233 g/mol. The molecule has 1 saturated heterocycles. The number of anilines is 1. The number of benzene rings is 1. The van der Waals surface area contributed by atoms with Crippen molar-refractivity contribution >= 4 is 5.69 Å². The molecule has 0 aliphatic carbocycles. The largest absolute Gasteiger partial charge is 0.380 e. The van der Waals surface area contributed by atoms with Gasteiger partial charge in [0, 0.05) is 18.6 Å². The molecular formula is C13H16FN3. The molecular weight excluding hydrogens is 217 g/mol. The molecule has 0 radical (unpaired) electrons. The summed E-state index contributed by atoms with van der Waals surface area (Å²) in [6.45, 7) is 3.08. The molecule has 1 fully saturated rings. The summed E-state index contributed by atoms with van der Waals surface area (Å²) in [5, 5.41) is 12.2. The molecule has 2 rings (SSSR count). The zero-order valence-electron chi connectivity index (χ0n) is 10.1. The van der Waals surface area contributed by atoms with Crippen LogP contribution < -0.4 is 5.32 Å². The molecule has 0 saturated carbocycles. The van der Waals surface area contributed by atoms with Crippen molar-refractivity contribution in [2.75, 3.05) is 18.9 Å². The smallest absolute Gasteiger partial charge is 0.143 e. The number of halogens is 1. The maximum atomic E-state index is 13.4. The van der Waals surface area contributed by atoms with E-state index in [4.69, 9.17) is 5.26 Å². The highest BCUT2D eigenvalue weighted by Gasteiger charge is 2.26. The second-order valence-corrected chi connectivity index (χ2v) is 4.64. The van der Waals surface area contributed by atoms with Crippen molar-refractivity contribution in [3.05, 3.63) is 29.6 Å². The third kappa shape index (κ3) is 2.40. The van der Waals surface area contributed by atoms with E-state index >= 15 is 0 Å². The molecule has 0 amide bonds. The van der Waals surface area contributed by atoms with E-state index in [2.05, 4.69) is 24.2 Å². The van der Waals surface area contributed by atoms with Gasteiger partial charge in [-0.25, -0.2) is 4.39 Å². The maximum Gasteiger partial charge on any atom is 0.143 e. The third-order valence-electron chi connectivity index (χ3n) is 3.37. The summed E-state index contributed by atoms with van der Waals surface area (Å²) in [4.78, 5) is 2.25. The molecule has 1 aromatic carbocycles. The van der Waals surface area contributed by atoms with Gasteiger partial charge >= 0.3 is 0 Å². The Kier molecular flexibility index (Phi) is 3.30. The van der Waals surface area contributed by atoms with Gasteiger partial charge in [-0.05, 0) is 32.5 Å². The zero-order valence-corrected chi connectivity index (χ0v) is 10.1. The van der Waals surface area contributed by atoms with Crippen LogP contribution in [0.4, 0.5) is 10.1 Å². The fourth-order valence-electron chi connectivity index (χ4n) is 2.28. The number of hydrogen-bond donors (Lipinski definition) is 1. The number of nitrogens with zero attached hydrogens (tertiary/aromatic N) is 2. The Morgan fingerprint density at radius 3 is 2.88 bits per heavy atom. The topological polar surface area (TPSA) is 39.1 Å². The molecule has 17 heavy (non-hydrogen) atoms. The van der Waals surface area contributed by atoms with Crippen molar-refractivity contribution in [3.63, 3.8) is 0 Å². The Bertz CT molecular complexity index is 442. The van der Waals surface area contributed by atoms with Crippen LogP contribution in [0.25, 0.3) is 0 Å². The highest BCUT2D eigenvalue weighted by atomic mass is 19.1. The lowest BCUT2D eigenvalue weighted by Gasteiger charge is -2.15. The minimum Gasteiger partial charge on any atom is -0.380 e. The first-order chi connectivity index (χ1) is 8.11. The van der Waals surface area contributed by atoms with Crippen LogP contribution in [0, 0.1) is 17.1 Å². The van der Waals surface area contributed by atoms with E-state index in [0.29, 0.717) is 11.7 Å². The molecule has 4 heteroatoms. The summed E-state index contributed by atoms with van der Waals surface area (Å²) in [6, 6.07) is 7.40. The van der Waals surface area contributed by atoms with Crippen LogP contribution in [0.1, 0.15) is 18.9 Å². The van der Waals surface area contributed by atoms with Gasteiger partial charge in [0.15, 0.2) is 0 Å². The summed E-state index contributed by atoms with van der Waals surface area (Å²) in [5.41, 5.74) is 0.703. The van der Waals surface area contributed by atoms with Crippen molar-refractivity contribution in [2.24, 2.45) is 0 Å². The summed E-state index contributed by atoms with van der Waals surface area (Å²) in [6.07, 6.45) is 1.01. The molecule has 1 aliphatic heterocycles. The Morgan fingerprint density at radius 2 is 2.29 bits per heavy atom. The van der Waals surface area contributed by atoms with Crippen LogP contribution in [0.2, 0.25) is 0 Å². The van der Waals surface area contributed by atoms with Crippen LogP contribution in [-0.4, -0.2) is 30.6 Å². The first-order valence-corrected chi connectivity index (χ1v) is 5.77. The lowest BCUT2D eigenvalue weighted by Crippen LogP contribution is -2.25. The predicted octanol–water partition coefficient (Wildman–Crippen LogP) is 2.20. The quantitative estimate of drug-likeness (QED) is 0.851. The van der Waals surface area contributed by atoms with Gasteiger partial charge < -0.3 is 10.2 Å². The molecule has 1 aliphatic rings. The second kappa shape index (κ2) is 4.72. The van der Waals surface area contributed by atoms with Crippen molar-refractivity contribution in [2.45, 2.75) is 25.4 Å². The summed E-state index contributed by atoms with van der Waals surface area (Å²) < 4.78 is 13.4. The van der Waals surface area contributed by atoms with Crippen molar-refractivity contribution in [3.8, 4) is 6.07 Å². The Hall–Kier alpha value is -1.60. The molecule has 0 aromatic heterocycles. The van der Waals surface area contributed by atoms with Gasteiger partial charge in [0.05, 0.1) is 5.69 Å². The molecule has 90 valence electrons. The van der Waals surface area contributed by atoms with Crippen LogP contribution in [-0.2, 0) is 0 Å². The van der Waals surface area contributed by atoms with Crippen LogP contribution in [0.15, 0.2) is 18.2 Å². The fraction of sp³-hybridized carbons (Fsp3) is 0.462. The second-order valence-electron chi connectivity index (χ2n) is 4.64. The maximum absolute atomic E-state index is 13.4. The molecule has 2 unspecified atom stereocenters. The number of rotatable bonds is 2. The highest BCUT2D eigenvalue weighted by Crippen LogP contribution is 2.23. The van der Waals surface area contributed by atoms with Gasteiger partial charge in [0.2, 0.25) is 0 Å². The molecule has 1 heterocycles. The minimum absolute atomic E-state index is 0.106. The first-order valence-electron chi connectivity index (χ1n) is 5.77. The number of likely N-dealkylation sites (N-methyl/N-ethyl adjacent to an activating group) is 1. The van der Waals surface area contributed by atoms with E-state index in [1.165, 1.54) is 6.07 Å². The standard InChI is InChI=1S/C13H16FN3/c1-9-6-10(8-17(9)2)16-13-5-3-4-12(14)11(13)7-15/h3-5,9-10,16H,6,8H2,1-2H3. The lowest BCUT2D eigenvalue weighted by molar-refractivity contribution is 0.330. The van der Waals surface area contributed by atoms with E-state index in [-0.39, 0.29) is 11.6 Å². The van der Waals surface area contributed by atoms with E-state index < -0.39 is 5.82 Å². The third-order valence-corrected chi connectivity index (χ3v) is 3.37. The average molecular weight is 233 g/mol. The fourth-order valence-corrected chi connectivity index (χ4v) is 2.28. The normalized spacial score (nSPS) is 24.6. The van der Waals surface area contributed by atoms with E-state index in [1.54, 1.807) is 12.1 Å². The number of nitrogens with one attached hydrogen (secondary N) is 1. The summed E-state index contributed by atoms with van der Waals surface area (Å²) in [5.74, 6) is -0.461. The molecule has 3 nitrogen and oxygen atoms in total. The van der Waals surface area contributed by atoms with Gasteiger partial charge in [0.25, 0.3) is 0 Å². The molecule has 1 N–H and O–H groups in total. The predicted molar refractivity (Wildman–Crippen MR) is 65.2 cm³/mol. The average Bonchev–Trinajstić information content (AvgIpc) is 2.58. The van der Waals surface area contributed by atoms with Gasteiger partial charge in [-0.1, -0.05) is 6.07 Å². The van der Waals surface area contributed by atoms with E-state index in [0.717, 1.165) is 13.0 Å². The first kappa shape index (κ1) is 11.9. The molecule has 0 spiro atoms.